The van der Waals surface area contributed by atoms with E-state index in [4.69, 9.17) is 9.47 Å². The number of amides is 1. The van der Waals surface area contributed by atoms with Crippen LogP contribution in [0.2, 0.25) is 0 Å². The second-order valence-electron chi connectivity index (χ2n) is 7.54. The molecule has 3 heterocycles. The molecule has 0 bridgehead atoms. The fraction of sp³-hybridized carbons (Fsp3) is 0.550. The molecular formula is C20H24N4O3S. The fourth-order valence-electron chi connectivity index (χ4n) is 3.95. The van der Waals surface area contributed by atoms with Crippen molar-refractivity contribution in [2.24, 2.45) is 0 Å². The van der Waals surface area contributed by atoms with E-state index in [2.05, 4.69) is 20.8 Å². The Hall–Kier alpha value is -2.22. The van der Waals surface area contributed by atoms with Crippen LogP contribution in [0.15, 0.2) is 29.7 Å². The maximum Gasteiger partial charge on any atom is 0.233 e. The van der Waals surface area contributed by atoms with Crippen LogP contribution in [-0.2, 0) is 4.79 Å². The predicted octanol–water partition coefficient (Wildman–Crippen LogP) is 3.23. The summed E-state index contributed by atoms with van der Waals surface area (Å²) in [6.07, 6.45) is 7.03. The molecule has 1 saturated carbocycles. The average Bonchev–Trinajstić information content (AvgIpc) is 3.33. The first-order valence-corrected chi connectivity index (χ1v) is 11.0. The Morgan fingerprint density at radius 2 is 2.00 bits per heavy atom. The third-order valence-corrected chi connectivity index (χ3v) is 6.48. The summed E-state index contributed by atoms with van der Waals surface area (Å²) in [7, 11) is 0. The highest BCUT2D eigenvalue weighted by atomic mass is 32.2. The summed E-state index contributed by atoms with van der Waals surface area (Å²) < 4.78 is 13.7. The number of carbonyl (C=O) groups is 1. The lowest BCUT2D eigenvalue weighted by Crippen LogP contribution is -2.32. The van der Waals surface area contributed by atoms with Crippen LogP contribution in [0.5, 0.6) is 11.5 Å². The molecule has 28 heavy (non-hydrogen) atoms. The lowest BCUT2D eigenvalue weighted by atomic mass is 10.0. The first kappa shape index (κ1) is 17.8. The number of fused-ring (bicyclic) bond motifs is 1. The van der Waals surface area contributed by atoms with Crippen LogP contribution in [-0.4, -0.2) is 51.1 Å². The third-order valence-electron chi connectivity index (χ3n) is 5.53. The first-order valence-electron chi connectivity index (χ1n) is 10.0. The van der Waals surface area contributed by atoms with Gasteiger partial charge >= 0.3 is 0 Å². The van der Waals surface area contributed by atoms with E-state index in [-0.39, 0.29) is 11.9 Å². The van der Waals surface area contributed by atoms with Crippen molar-refractivity contribution in [1.29, 1.82) is 0 Å². The number of likely N-dealkylation sites (tertiary alicyclic amines) is 1. The number of hydrogen-bond acceptors (Lipinski definition) is 6. The standard InChI is InChI=1S/C20H24N4O3S/c25-19(12-28-20-22-21-13-24(20)15-5-6-15)23-8-1-3-16(23)14-4-7-17-18(11-14)27-10-2-9-26-17/h4,7,11,13,15-16H,1-3,5-6,8-10,12H2. The van der Waals surface area contributed by atoms with Crippen molar-refractivity contribution in [2.75, 3.05) is 25.5 Å². The molecule has 1 atom stereocenters. The molecule has 3 aliphatic rings. The van der Waals surface area contributed by atoms with Gasteiger partial charge in [-0.3, -0.25) is 4.79 Å². The number of rotatable bonds is 5. The molecule has 1 amide bonds. The zero-order valence-electron chi connectivity index (χ0n) is 15.7. The van der Waals surface area contributed by atoms with Crippen molar-refractivity contribution in [1.82, 2.24) is 19.7 Å². The maximum atomic E-state index is 13.0. The van der Waals surface area contributed by atoms with Gasteiger partial charge in [0.1, 0.15) is 6.33 Å². The minimum atomic E-state index is 0.103. The molecule has 1 aromatic heterocycles. The first-order chi connectivity index (χ1) is 13.8. The molecule has 5 rings (SSSR count). The molecule has 148 valence electrons. The van der Waals surface area contributed by atoms with Gasteiger partial charge < -0.3 is 18.9 Å². The Labute approximate surface area is 168 Å². The molecule has 0 spiro atoms. The lowest BCUT2D eigenvalue weighted by Gasteiger charge is -2.25. The van der Waals surface area contributed by atoms with Crippen LogP contribution in [0, 0.1) is 0 Å². The Balaban J connectivity index is 1.27. The summed E-state index contributed by atoms with van der Waals surface area (Å²) in [5.41, 5.74) is 1.13. The molecule has 1 aromatic carbocycles. The number of aromatic nitrogens is 3. The van der Waals surface area contributed by atoms with Gasteiger partial charge in [-0.2, -0.15) is 0 Å². The number of ether oxygens (including phenoxy) is 2. The molecule has 1 unspecified atom stereocenters. The molecule has 8 heteroatoms. The van der Waals surface area contributed by atoms with E-state index in [9.17, 15) is 4.79 Å². The Morgan fingerprint density at radius 1 is 1.14 bits per heavy atom. The molecule has 1 aliphatic carbocycles. The van der Waals surface area contributed by atoms with Crippen molar-refractivity contribution >= 4 is 17.7 Å². The van der Waals surface area contributed by atoms with Gasteiger partial charge in [-0.25, -0.2) is 0 Å². The lowest BCUT2D eigenvalue weighted by molar-refractivity contribution is -0.129. The molecule has 2 aromatic rings. The van der Waals surface area contributed by atoms with Gasteiger partial charge in [0.25, 0.3) is 0 Å². The third kappa shape index (κ3) is 3.57. The quantitative estimate of drug-likeness (QED) is 0.718. The minimum Gasteiger partial charge on any atom is -0.490 e. The van der Waals surface area contributed by atoms with Gasteiger partial charge in [-0.15, -0.1) is 10.2 Å². The van der Waals surface area contributed by atoms with E-state index in [1.807, 2.05) is 17.0 Å². The fourth-order valence-corrected chi connectivity index (χ4v) is 4.82. The molecule has 0 N–H and O–H groups in total. The van der Waals surface area contributed by atoms with Gasteiger partial charge in [0, 0.05) is 19.0 Å². The second-order valence-corrected chi connectivity index (χ2v) is 8.48. The van der Waals surface area contributed by atoms with Crippen LogP contribution in [0.1, 0.15) is 49.8 Å². The van der Waals surface area contributed by atoms with Crippen LogP contribution >= 0.6 is 11.8 Å². The topological polar surface area (TPSA) is 69.5 Å². The summed E-state index contributed by atoms with van der Waals surface area (Å²) >= 11 is 1.49. The highest BCUT2D eigenvalue weighted by Crippen LogP contribution is 2.39. The maximum absolute atomic E-state index is 13.0. The minimum absolute atomic E-state index is 0.103. The zero-order valence-corrected chi connectivity index (χ0v) is 16.6. The average molecular weight is 401 g/mol. The van der Waals surface area contributed by atoms with E-state index in [0.29, 0.717) is 25.0 Å². The summed E-state index contributed by atoms with van der Waals surface area (Å²) in [4.78, 5) is 15.0. The van der Waals surface area contributed by atoms with Gasteiger partial charge in [0.05, 0.1) is 25.0 Å². The highest BCUT2D eigenvalue weighted by Gasteiger charge is 2.32. The van der Waals surface area contributed by atoms with Crippen LogP contribution in [0.25, 0.3) is 0 Å². The van der Waals surface area contributed by atoms with Gasteiger partial charge in [-0.05, 0) is 43.4 Å². The summed E-state index contributed by atoms with van der Waals surface area (Å²) in [5.74, 6) is 2.14. The monoisotopic (exact) mass is 400 g/mol. The number of carbonyl (C=O) groups excluding carboxylic acids is 1. The van der Waals surface area contributed by atoms with Crippen molar-refractivity contribution in [3.8, 4) is 11.5 Å². The second kappa shape index (κ2) is 7.66. The highest BCUT2D eigenvalue weighted by molar-refractivity contribution is 7.99. The zero-order chi connectivity index (χ0) is 18.9. The summed E-state index contributed by atoms with van der Waals surface area (Å²) in [6, 6.07) is 6.72. The smallest absolute Gasteiger partial charge is 0.233 e. The van der Waals surface area contributed by atoms with Crippen LogP contribution < -0.4 is 9.47 Å². The molecule has 7 nitrogen and oxygen atoms in total. The van der Waals surface area contributed by atoms with Crippen LogP contribution in [0.3, 0.4) is 0 Å². The largest absolute Gasteiger partial charge is 0.490 e. The van der Waals surface area contributed by atoms with Gasteiger partial charge in [0.2, 0.25) is 5.91 Å². The van der Waals surface area contributed by atoms with Crippen molar-refractivity contribution in [3.63, 3.8) is 0 Å². The normalized spacial score (nSPS) is 21.6. The number of thioether (sulfide) groups is 1. The Bertz CT molecular complexity index is 867. The van der Waals surface area contributed by atoms with E-state index >= 15 is 0 Å². The molecule has 2 aliphatic heterocycles. The van der Waals surface area contributed by atoms with E-state index in [1.165, 1.54) is 24.6 Å². The van der Waals surface area contributed by atoms with Crippen molar-refractivity contribution < 1.29 is 14.3 Å². The van der Waals surface area contributed by atoms with Crippen LogP contribution in [0.4, 0.5) is 0 Å². The summed E-state index contributed by atoms with van der Waals surface area (Å²) in [5, 5.41) is 9.05. The number of nitrogens with zero attached hydrogens (tertiary/aromatic N) is 4. The van der Waals surface area contributed by atoms with E-state index in [0.717, 1.165) is 48.0 Å². The van der Waals surface area contributed by atoms with Crippen molar-refractivity contribution in [3.05, 3.63) is 30.1 Å². The van der Waals surface area contributed by atoms with Gasteiger partial charge in [0.15, 0.2) is 16.7 Å². The molecular weight excluding hydrogens is 376 g/mol. The number of benzene rings is 1. The Morgan fingerprint density at radius 3 is 2.86 bits per heavy atom. The predicted molar refractivity (Wildman–Crippen MR) is 105 cm³/mol. The summed E-state index contributed by atoms with van der Waals surface area (Å²) in [6.45, 7) is 2.15. The number of hydrogen-bond donors (Lipinski definition) is 0. The van der Waals surface area contributed by atoms with Crippen molar-refractivity contribution in [2.45, 2.75) is 49.3 Å². The Kier molecular flexibility index (Phi) is 4.88. The molecule has 0 radical (unpaired) electrons. The van der Waals surface area contributed by atoms with Gasteiger partial charge in [-0.1, -0.05) is 17.8 Å². The molecule has 1 saturated heterocycles. The van der Waals surface area contributed by atoms with E-state index in [1.54, 1.807) is 6.33 Å². The SMILES string of the molecule is O=C(CSc1nncn1C1CC1)N1CCCC1c1ccc2c(c1)OCCCO2. The van der Waals surface area contributed by atoms with E-state index < -0.39 is 0 Å². The molecule has 2 fully saturated rings.